The van der Waals surface area contributed by atoms with E-state index >= 15 is 0 Å². The highest BCUT2D eigenvalue weighted by molar-refractivity contribution is 6.05. The van der Waals surface area contributed by atoms with Gasteiger partial charge in [0.15, 0.2) is 0 Å². The van der Waals surface area contributed by atoms with Gasteiger partial charge in [0, 0.05) is 18.4 Å². The van der Waals surface area contributed by atoms with E-state index in [1.54, 1.807) is 36.2 Å². The van der Waals surface area contributed by atoms with Crippen LogP contribution in [0.5, 0.6) is 0 Å². The van der Waals surface area contributed by atoms with E-state index in [0.717, 1.165) is 23.2 Å². The number of hydrogen-bond acceptors (Lipinski definition) is 4. The summed E-state index contributed by atoms with van der Waals surface area (Å²) in [6, 6.07) is 23.3. The maximum Gasteiger partial charge on any atom is 0.309 e. The third kappa shape index (κ3) is 4.40. The molecule has 5 nitrogen and oxygen atoms in total. The van der Waals surface area contributed by atoms with E-state index in [2.05, 4.69) is 17.1 Å². The number of anilines is 1. The molecule has 0 bridgehead atoms. The van der Waals surface area contributed by atoms with Crippen molar-refractivity contribution in [1.29, 1.82) is 0 Å². The minimum Gasteiger partial charge on any atom is -0.466 e. The standard InChI is InChI=1S/C25H24N2O3/c1-2-30-25(29)22-16-20(22)17-27(24(28)23-10-6-7-15-26-23)21-13-11-19(12-14-21)18-8-4-3-5-9-18/h3-15,20,22H,2,16-17H2,1H3. The summed E-state index contributed by atoms with van der Waals surface area (Å²) in [5.41, 5.74) is 3.38. The molecule has 1 heterocycles. The SMILES string of the molecule is CCOC(=O)C1CC1CN(C(=O)c1ccccn1)c1ccc(-c2ccccc2)cc1. The molecule has 3 aromatic rings. The Labute approximate surface area is 176 Å². The third-order valence-electron chi connectivity index (χ3n) is 5.34. The summed E-state index contributed by atoms with van der Waals surface area (Å²) in [5.74, 6) is -0.372. The van der Waals surface area contributed by atoms with Gasteiger partial charge in [-0.3, -0.25) is 14.6 Å². The second kappa shape index (κ2) is 8.91. The second-order valence-electron chi connectivity index (χ2n) is 7.40. The molecule has 2 atom stereocenters. The number of ether oxygens (including phenoxy) is 1. The number of pyridine rings is 1. The van der Waals surface area contributed by atoms with Crippen LogP contribution in [0, 0.1) is 11.8 Å². The summed E-state index contributed by atoms with van der Waals surface area (Å²) in [6.07, 6.45) is 2.36. The lowest BCUT2D eigenvalue weighted by Gasteiger charge is -2.23. The largest absolute Gasteiger partial charge is 0.466 e. The van der Waals surface area contributed by atoms with E-state index in [0.29, 0.717) is 18.8 Å². The van der Waals surface area contributed by atoms with Crippen LogP contribution in [0.2, 0.25) is 0 Å². The van der Waals surface area contributed by atoms with Crippen LogP contribution in [-0.4, -0.2) is 30.0 Å². The Morgan fingerprint density at radius 1 is 0.967 bits per heavy atom. The third-order valence-corrected chi connectivity index (χ3v) is 5.34. The number of carbonyl (C=O) groups excluding carboxylic acids is 2. The normalized spacial score (nSPS) is 17.2. The molecule has 5 heteroatoms. The molecule has 0 spiro atoms. The van der Waals surface area contributed by atoms with Crippen LogP contribution in [0.3, 0.4) is 0 Å². The fourth-order valence-corrected chi connectivity index (χ4v) is 3.62. The smallest absolute Gasteiger partial charge is 0.309 e. The van der Waals surface area contributed by atoms with Crippen LogP contribution in [0.15, 0.2) is 79.0 Å². The van der Waals surface area contributed by atoms with Gasteiger partial charge in [-0.15, -0.1) is 0 Å². The van der Waals surface area contributed by atoms with E-state index in [-0.39, 0.29) is 23.7 Å². The van der Waals surface area contributed by atoms with Gasteiger partial charge in [0.2, 0.25) is 0 Å². The Kier molecular flexibility index (Phi) is 5.89. The van der Waals surface area contributed by atoms with Gasteiger partial charge in [0.1, 0.15) is 5.69 Å². The van der Waals surface area contributed by atoms with Gasteiger partial charge in [0.05, 0.1) is 12.5 Å². The minimum atomic E-state index is -0.174. The number of hydrogen-bond donors (Lipinski definition) is 0. The summed E-state index contributed by atoms with van der Waals surface area (Å²) in [7, 11) is 0. The fraction of sp³-hybridized carbons (Fsp3) is 0.240. The van der Waals surface area contributed by atoms with Crippen LogP contribution in [0.4, 0.5) is 5.69 Å². The molecule has 152 valence electrons. The topological polar surface area (TPSA) is 59.5 Å². The number of amides is 1. The second-order valence-corrected chi connectivity index (χ2v) is 7.40. The first-order valence-corrected chi connectivity index (χ1v) is 10.2. The van der Waals surface area contributed by atoms with Gasteiger partial charge in [-0.2, -0.15) is 0 Å². The number of rotatable bonds is 7. The van der Waals surface area contributed by atoms with Crippen molar-refractivity contribution in [1.82, 2.24) is 4.98 Å². The molecule has 1 amide bonds. The van der Waals surface area contributed by atoms with Crippen molar-refractivity contribution in [3.05, 3.63) is 84.7 Å². The van der Waals surface area contributed by atoms with Crippen molar-refractivity contribution in [3.63, 3.8) is 0 Å². The highest BCUT2D eigenvalue weighted by Gasteiger charge is 2.45. The molecular weight excluding hydrogens is 376 g/mol. The van der Waals surface area contributed by atoms with Crippen molar-refractivity contribution in [3.8, 4) is 11.1 Å². The Morgan fingerprint density at radius 3 is 2.33 bits per heavy atom. The van der Waals surface area contributed by atoms with Crippen LogP contribution in [0.25, 0.3) is 11.1 Å². The first-order chi connectivity index (χ1) is 14.7. The Bertz CT molecular complexity index is 1000. The summed E-state index contributed by atoms with van der Waals surface area (Å²) >= 11 is 0. The average Bonchev–Trinajstić information content (AvgIpc) is 3.58. The summed E-state index contributed by atoms with van der Waals surface area (Å²) in [5, 5.41) is 0. The van der Waals surface area contributed by atoms with Crippen molar-refractivity contribution >= 4 is 17.6 Å². The fourth-order valence-electron chi connectivity index (χ4n) is 3.62. The molecule has 1 saturated carbocycles. The first kappa shape index (κ1) is 19.8. The molecule has 0 aliphatic heterocycles. The molecule has 0 saturated heterocycles. The van der Waals surface area contributed by atoms with Crippen LogP contribution < -0.4 is 4.90 Å². The predicted octanol–water partition coefficient (Wildman–Crippen LogP) is 4.59. The molecule has 0 N–H and O–H groups in total. The van der Waals surface area contributed by atoms with Gasteiger partial charge in [-0.05, 0) is 54.7 Å². The number of aromatic nitrogens is 1. The summed E-state index contributed by atoms with van der Waals surface area (Å²) in [6.45, 7) is 2.64. The van der Waals surface area contributed by atoms with Crippen LogP contribution in [0.1, 0.15) is 23.8 Å². The van der Waals surface area contributed by atoms with Gasteiger partial charge in [0.25, 0.3) is 5.91 Å². The van der Waals surface area contributed by atoms with Crippen LogP contribution in [-0.2, 0) is 9.53 Å². The monoisotopic (exact) mass is 400 g/mol. The summed E-state index contributed by atoms with van der Waals surface area (Å²) in [4.78, 5) is 31.2. The Morgan fingerprint density at radius 2 is 1.67 bits per heavy atom. The Hall–Kier alpha value is -3.47. The average molecular weight is 400 g/mol. The van der Waals surface area contributed by atoms with Gasteiger partial charge >= 0.3 is 5.97 Å². The molecule has 2 aromatic carbocycles. The van der Waals surface area contributed by atoms with Crippen molar-refractivity contribution < 1.29 is 14.3 Å². The molecular formula is C25H24N2O3. The van der Waals surface area contributed by atoms with Gasteiger partial charge in [-0.25, -0.2) is 0 Å². The molecule has 4 rings (SSSR count). The van der Waals surface area contributed by atoms with Crippen molar-refractivity contribution in [2.75, 3.05) is 18.1 Å². The van der Waals surface area contributed by atoms with Crippen molar-refractivity contribution in [2.45, 2.75) is 13.3 Å². The maximum absolute atomic E-state index is 13.2. The van der Waals surface area contributed by atoms with Crippen molar-refractivity contribution in [2.24, 2.45) is 11.8 Å². The van der Waals surface area contributed by atoms with E-state index in [4.69, 9.17) is 4.74 Å². The van der Waals surface area contributed by atoms with E-state index in [9.17, 15) is 9.59 Å². The quantitative estimate of drug-likeness (QED) is 0.544. The van der Waals surface area contributed by atoms with E-state index in [1.165, 1.54) is 0 Å². The van der Waals surface area contributed by atoms with Gasteiger partial charge in [-0.1, -0.05) is 48.5 Å². The minimum absolute atomic E-state index is 0.102. The lowest BCUT2D eigenvalue weighted by atomic mass is 10.1. The highest BCUT2D eigenvalue weighted by atomic mass is 16.5. The highest BCUT2D eigenvalue weighted by Crippen LogP contribution is 2.41. The molecule has 1 aliphatic rings. The number of benzene rings is 2. The number of nitrogens with zero attached hydrogens (tertiary/aromatic N) is 2. The zero-order valence-electron chi connectivity index (χ0n) is 16.9. The molecule has 1 aliphatic carbocycles. The molecule has 30 heavy (non-hydrogen) atoms. The maximum atomic E-state index is 13.2. The predicted molar refractivity (Wildman–Crippen MR) is 116 cm³/mol. The number of carbonyl (C=O) groups is 2. The molecule has 2 unspecified atom stereocenters. The lowest BCUT2D eigenvalue weighted by Crippen LogP contribution is -2.34. The number of esters is 1. The molecule has 1 aromatic heterocycles. The zero-order chi connectivity index (χ0) is 20.9. The van der Waals surface area contributed by atoms with E-state index < -0.39 is 0 Å². The molecule has 1 fully saturated rings. The van der Waals surface area contributed by atoms with E-state index in [1.807, 2.05) is 42.5 Å². The molecule has 0 radical (unpaired) electrons. The van der Waals surface area contributed by atoms with Crippen LogP contribution >= 0.6 is 0 Å². The Balaban J connectivity index is 1.57. The van der Waals surface area contributed by atoms with Gasteiger partial charge < -0.3 is 9.64 Å². The zero-order valence-corrected chi connectivity index (χ0v) is 16.9. The first-order valence-electron chi connectivity index (χ1n) is 10.2. The lowest BCUT2D eigenvalue weighted by molar-refractivity contribution is -0.145. The summed E-state index contributed by atoms with van der Waals surface area (Å²) < 4.78 is 5.14.